The van der Waals surface area contributed by atoms with Crippen molar-refractivity contribution in [3.63, 3.8) is 0 Å². The van der Waals surface area contributed by atoms with Gasteiger partial charge < -0.3 is 15.8 Å². The van der Waals surface area contributed by atoms with Crippen LogP contribution in [0.5, 0.6) is 0 Å². The van der Waals surface area contributed by atoms with Crippen LogP contribution in [-0.2, 0) is 9.53 Å². The van der Waals surface area contributed by atoms with Gasteiger partial charge in [-0.25, -0.2) is 0 Å². The summed E-state index contributed by atoms with van der Waals surface area (Å²) in [5.41, 5.74) is 5.11. The van der Waals surface area contributed by atoms with Crippen molar-refractivity contribution in [2.45, 2.75) is 11.4 Å². The van der Waals surface area contributed by atoms with Crippen molar-refractivity contribution in [3.8, 4) is 0 Å². The Morgan fingerprint density at radius 3 is 3.00 bits per heavy atom. The molecule has 1 aliphatic rings. The average molecular weight is 190 g/mol. The van der Waals surface area contributed by atoms with Crippen LogP contribution in [0.2, 0.25) is 0 Å². The van der Waals surface area contributed by atoms with Crippen molar-refractivity contribution in [1.29, 1.82) is 0 Å². The zero-order valence-electron chi connectivity index (χ0n) is 7.08. The summed E-state index contributed by atoms with van der Waals surface area (Å²) < 4.78 is 5.31. The minimum atomic E-state index is -0.456. The molecule has 1 unspecified atom stereocenters. The highest BCUT2D eigenvalue weighted by Gasteiger charge is 2.21. The Hall–Kier alpha value is -0.260. The molecule has 0 spiro atoms. The zero-order valence-corrected chi connectivity index (χ0v) is 7.89. The standard InChI is InChI=1S/C7H14N2O2S/c1-12-5-2-9-3-6(7(8)10)11-4-5/h5-6,9H,2-4H2,1H3,(H2,8,10)/t5-,6?/m1/s1. The Bertz CT molecular complexity index is 165. The Morgan fingerprint density at radius 2 is 2.42 bits per heavy atom. The highest BCUT2D eigenvalue weighted by molar-refractivity contribution is 7.99. The maximum atomic E-state index is 10.8. The molecule has 0 aromatic carbocycles. The topological polar surface area (TPSA) is 64.3 Å². The van der Waals surface area contributed by atoms with Crippen LogP contribution in [-0.4, -0.2) is 43.2 Å². The van der Waals surface area contributed by atoms with Gasteiger partial charge in [0.2, 0.25) is 5.91 Å². The van der Waals surface area contributed by atoms with Crippen LogP contribution in [0.15, 0.2) is 0 Å². The summed E-state index contributed by atoms with van der Waals surface area (Å²) in [5, 5.41) is 3.56. The van der Waals surface area contributed by atoms with E-state index in [1.807, 2.05) is 6.26 Å². The number of hydrogen-bond acceptors (Lipinski definition) is 4. The number of carbonyl (C=O) groups is 1. The number of nitrogens with two attached hydrogens (primary N) is 1. The first-order chi connectivity index (χ1) is 5.74. The minimum Gasteiger partial charge on any atom is -0.367 e. The third kappa shape index (κ3) is 2.66. The summed E-state index contributed by atoms with van der Waals surface area (Å²) in [6, 6.07) is 0. The molecule has 1 aliphatic heterocycles. The molecule has 0 aliphatic carbocycles. The van der Waals surface area contributed by atoms with E-state index in [-0.39, 0.29) is 5.91 Å². The highest BCUT2D eigenvalue weighted by atomic mass is 32.2. The molecule has 0 bridgehead atoms. The number of thioether (sulfide) groups is 1. The molecule has 1 rings (SSSR count). The van der Waals surface area contributed by atoms with Gasteiger partial charge >= 0.3 is 0 Å². The molecule has 0 aromatic rings. The monoisotopic (exact) mass is 190 g/mol. The second kappa shape index (κ2) is 4.69. The van der Waals surface area contributed by atoms with Crippen molar-refractivity contribution in [2.75, 3.05) is 26.0 Å². The van der Waals surface area contributed by atoms with Gasteiger partial charge in [0.05, 0.1) is 6.61 Å². The number of carbonyl (C=O) groups excluding carboxylic acids is 1. The van der Waals surface area contributed by atoms with E-state index >= 15 is 0 Å². The number of nitrogens with one attached hydrogen (secondary N) is 1. The molecule has 2 atom stereocenters. The predicted octanol–water partition coefficient (Wildman–Crippen LogP) is -0.808. The van der Waals surface area contributed by atoms with E-state index < -0.39 is 6.10 Å². The average Bonchev–Trinajstić information content (AvgIpc) is 2.28. The van der Waals surface area contributed by atoms with Gasteiger partial charge in [0.25, 0.3) is 0 Å². The Kier molecular flexibility index (Phi) is 3.84. The number of hydrogen-bond donors (Lipinski definition) is 2. The molecule has 3 N–H and O–H groups in total. The molecular formula is C7H14N2O2S. The molecule has 1 amide bonds. The number of amides is 1. The largest absolute Gasteiger partial charge is 0.367 e. The molecular weight excluding hydrogens is 176 g/mol. The summed E-state index contributed by atoms with van der Waals surface area (Å²) >= 11 is 1.73. The van der Waals surface area contributed by atoms with Gasteiger partial charge in [-0.15, -0.1) is 0 Å². The number of rotatable bonds is 2. The predicted molar refractivity (Wildman–Crippen MR) is 49.1 cm³/mol. The molecule has 5 heteroatoms. The molecule has 12 heavy (non-hydrogen) atoms. The molecule has 0 saturated carbocycles. The third-order valence-electron chi connectivity index (χ3n) is 1.84. The lowest BCUT2D eigenvalue weighted by Crippen LogP contribution is -2.37. The molecule has 1 fully saturated rings. The van der Waals surface area contributed by atoms with Gasteiger partial charge in [0.15, 0.2) is 0 Å². The van der Waals surface area contributed by atoms with Crippen LogP contribution >= 0.6 is 11.8 Å². The number of primary amides is 1. The van der Waals surface area contributed by atoms with Crippen molar-refractivity contribution in [3.05, 3.63) is 0 Å². The van der Waals surface area contributed by atoms with Crippen LogP contribution in [0.3, 0.4) is 0 Å². The first-order valence-corrected chi connectivity index (χ1v) is 5.17. The van der Waals surface area contributed by atoms with Crippen LogP contribution in [0, 0.1) is 0 Å². The lowest BCUT2D eigenvalue weighted by atomic mass is 10.3. The normalized spacial score (nSPS) is 31.1. The van der Waals surface area contributed by atoms with Gasteiger partial charge in [-0.05, 0) is 6.26 Å². The van der Waals surface area contributed by atoms with E-state index in [9.17, 15) is 4.79 Å². The van der Waals surface area contributed by atoms with Crippen molar-refractivity contribution < 1.29 is 9.53 Å². The van der Waals surface area contributed by atoms with E-state index in [0.717, 1.165) is 6.54 Å². The lowest BCUT2D eigenvalue weighted by molar-refractivity contribution is -0.128. The Balaban J connectivity index is 2.39. The second-order valence-electron chi connectivity index (χ2n) is 2.74. The van der Waals surface area contributed by atoms with E-state index in [2.05, 4.69) is 5.32 Å². The fraction of sp³-hybridized carbons (Fsp3) is 0.857. The summed E-state index contributed by atoms with van der Waals surface area (Å²) in [6.07, 6.45) is 1.57. The minimum absolute atomic E-state index is 0.385. The Labute approximate surface area is 76.2 Å². The second-order valence-corrected chi connectivity index (χ2v) is 3.88. The van der Waals surface area contributed by atoms with Gasteiger partial charge in [-0.1, -0.05) is 0 Å². The maximum absolute atomic E-state index is 10.8. The smallest absolute Gasteiger partial charge is 0.247 e. The molecule has 1 heterocycles. The highest BCUT2D eigenvalue weighted by Crippen LogP contribution is 2.09. The van der Waals surface area contributed by atoms with Gasteiger partial charge in [0, 0.05) is 18.3 Å². The van der Waals surface area contributed by atoms with E-state index in [1.54, 1.807) is 11.8 Å². The summed E-state index contributed by atoms with van der Waals surface area (Å²) in [4.78, 5) is 10.8. The van der Waals surface area contributed by atoms with Gasteiger partial charge in [0.1, 0.15) is 6.10 Å². The van der Waals surface area contributed by atoms with E-state index in [1.165, 1.54) is 0 Å². The lowest BCUT2D eigenvalue weighted by Gasteiger charge is -2.11. The molecule has 0 aromatic heterocycles. The van der Waals surface area contributed by atoms with Crippen molar-refractivity contribution in [2.24, 2.45) is 5.73 Å². The summed E-state index contributed by atoms with van der Waals surface area (Å²) in [5.74, 6) is -0.385. The fourth-order valence-corrected chi connectivity index (χ4v) is 1.55. The summed E-state index contributed by atoms with van der Waals surface area (Å²) in [6.45, 7) is 2.01. The first kappa shape index (κ1) is 9.83. The van der Waals surface area contributed by atoms with Gasteiger partial charge in [-0.3, -0.25) is 4.79 Å². The summed E-state index contributed by atoms with van der Waals surface area (Å²) in [7, 11) is 0. The van der Waals surface area contributed by atoms with Crippen molar-refractivity contribution in [1.82, 2.24) is 5.32 Å². The third-order valence-corrected chi connectivity index (χ3v) is 2.81. The number of ether oxygens (including phenoxy) is 1. The van der Waals surface area contributed by atoms with Gasteiger partial charge in [-0.2, -0.15) is 11.8 Å². The van der Waals surface area contributed by atoms with Crippen LogP contribution in [0.25, 0.3) is 0 Å². The molecule has 0 radical (unpaired) electrons. The van der Waals surface area contributed by atoms with Crippen LogP contribution < -0.4 is 11.1 Å². The van der Waals surface area contributed by atoms with Crippen molar-refractivity contribution >= 4 is 17.7 Å². The SMILES string of the molecule is CS[C@@H]1CNCC(C(N)=O)OC1. The maximum Gasteiger partial charge on any atom is 0.247 e. The molecule has 1 saturated heterocycles. The zero-order chi connectivity index (χ0) is 8.97. The first-order valence-electron chi connectivity index (χ1n) is 3.88. The Morgan fingerprint density at radius 1 is 1.67 bits per heavy atom. The van der Waals surface area contributed by atoms with E-state index in [4.69, 9.17) is 10.5 Å². The molecule has 70 valence electrons. The quantitative estimate of drug-likeness (QED) is 0.598. The van der Waals surface area contributed by atoms with Crippen LogP contribution in [0.4, 0.5) is 0 Å². The fourth-order valence-electron chi connectivity index (χ4n) is 1.05. The van der Waals surface area contributed by atoms with Crippen LogP contribution in [0.1, 0.15) is 0 Å². The molecule has 4 nitrogen and oxygen atoms in total. The van der Waals surface area contributed by atoms with E-state index in [0.29, 0.717) is 18.4 Å².